The molecule has 4 N–H and O–H groups in total. The van der Waals surface area contributed by atoms with E-state index in [0.29, 0.717) is 17.9 Å². The van der Waals surface area contributed by atoms with Gasteiger partial charge >= 0.3 is 6.18 Å². The first-order valence-electron chi connectivity index (χ1n) is 11.0. The molecule has 3 aromatic carbocycles. The summed E-state index contributed by atoms with van der Waals surface area (Å²) in [5.74, 6) is -0.532. The summed E-state index contributed by atoms with van der Waals surface area (Å²) in [6.07, 6.45) is -5.55. The monoisotopic (exact) mass is 538 g/mol. The van der Waals surface area contributed by atoms with Crippen molar-refractivity contribution < 1.29 is 35.8 Å². The fourth-order valence-corrected chi connectivity index (χ4v) is 4.71. The minimum atomic E-state index is -4.56. The summed E-state index contributed by atoms with van der Waals surface area (Å²) in [5, 5.41) is 19.0. The second kappa shape index (κ2) is 10.7. The number of fused-ring (bicyclic) bond motifs is 1. The first-order chi connectivity index (χ1) is 17.5. The summed E-state index contributed by atoms with van der Waals surface area (Å²) in [4.78, 5) is -0.491. The summed E-state index contributed by atoms with van der Waals surface area (Å²) in [7, 11) is -4.16. The van der Waals surface area contributed by atoms with Crippen LogP contribution in [0.3, 0.4) is 0 Å². The van der Waals surface area contributed by atoms with Crippen molar-refractivity contribution in [2.75, 3.05) is 24.4 Å². The Hall–Kier alpha value is -3.68. The molecule has 1 heterocycles. The lowest BCUT2D eigenvalue weighted by atomic mass is 10.1. The number of aromatic nitrogens is 2. The summed E-state index contributed by atoms with van der Waals surface area (Å²) in [5.41, 5.74) is -0.217. The first kappa shape index (κ1) is 26.4. The average Bonchev–Trinajstić information content (AvgIpc) is 3.28. The third-order valence-corrected chi connectivity index (χ3v) is 6.75. The van der Waals surface area contributed by atoms with Crippen molar-refractivity contribution >= 4 is 26.6 Å². The number of hydrogen-bond donors (Lipinski definition) is 4. The summed E-state index contributed by atoms with van der Waals surface area (Å²) in [6.45, 7) is 0.591. The van der Waals surface area contributed by atoms with Crippen molar-refractivity contribution in [2.24, 2.45) is 0 Å². The number of aliphatic hydroxyl groups excluding tert-OH is 1. The number of benzene rings is 3. The Morgan fingerprint density at radius 1 is 1.05 bits per heavy atom. The lowest BCUT2D eigenvalue weighted by Gasteiger charge is -2.15. The van der Waals surface area contributed by atoms with Crippen molar-refractivity contribution in [3.8, 4) is 5.75 Å². The van der Waals surface area contributed by atoms with Crippen molar-refractivity contribution in [3.63, 3.8) is 0 Å². The molecule has 0 aliphatic carbocycles. The third-order valence-electron chi connectivity index (χ3n) is 5.34. The Morgan fingerprint density at radius 2 is 1.84 bits per heavy atom. The van der Waals surface area contributed by atoms with Crippen LogP contribution in [0.4, 0.5) is 23.2 Å². The molecule has 13 heteroatoms. The van der Waals surface area contributed by atoms with Gasteiger partial charge in [0.1, 0.15) is 23.1 Å². The molecule has 4 rings (SSSR count). The number of aliphatic hydroxyl groups is 1. The van der Waals surface area contributed by atoms with Gasteiger partial charge in [-0.3, -0.25) is 9.82 Å². The number of aromatic amines is 1. The maximum Gasteiger partial charge on any atom is 0.435 e. The van der Waals surface area contributed by atoms with Gasteiger partial charge < -0.3 is 15.2 Å². The Kier molecular flexibility index (Phi) is 7.66. The van der Waals surface area contributed by atoms with E-state index in [2.05, 4.69) is 20.2 Å². The molecule has 0 saturated heterocycles. The highest BCUT2D eigenvalue weighted by molar-refractivity contribution is 7.92. The Bertz CT molecular complexity index is 1490. The molecule has 1 aromatic heterocycles. The smallest absolute Gasteiger partial charge is 0.435 e. The number of H-pyrrole nitrogens is 1. The van der Waals surface area contributed by atoms with E-state index in [-0.39, 0.29) is 29.7 Å². The third kappa shape index (κ3) is 6.37. The zero-order chi connectivity index (χ0) is 26.6. The predicted octanol–water partition coefficient (Wildman–Crippen LogP) is 4.22. The largest absolute Gasteiger partial charge is 0.492 e. The van der Waals surface area contributed by atoms with E-state index in [4.69, 9.17) is 4.74 Å². The minimum Gasteiger partial charge on any atom is -0.492 e. The van der Waals surface area contributed by atoms with Gasteiger partial charge in [0.15, 0.2) is 5.69 Å². The average molecular weight is 539 g/mol. The molecule has 37 heavy (non-hydrogen) atoms. The van der Waals surface area contributed by atoms with Crippen molar-refractivity contribution in [1.82, 2.24) is 15.5 Å². The molecule has 8 nitrogen and oxygen atoms in total. The van der Waals surface area contributed by atoms with Gasteiger partial charge in [-0.1, -0.05) is 24.3 Å². The molecule has 0 aliphatic heterocycles. The van der Waals surface area contributed by atoms with Crippen LogP contribution < -0.4 is 14.8 Å². The second-order valence-corrected chi connectivity index (χ2v) is 9.66. The first-order valence-corrected chi connectivity index (χ1v) is 12.5. The van der Waals surface area contributed by atoms with Crippen LogP contribution in [0.5, 0.6) is 5.75 Å². The van der Waals surface area contributed by atoms with E-state index in [1.54, 1.807) is 12.1 Å². The molecule has 0 aliphatic rings. The van der Waals surface area contributed by atoms with Gasteiger partial charge in [0.2, 0.25) is 0 Å². The fraction of sp³-hybridized carbons (Fsp3) is 0.208. The molecule has 196 valence electrons. The normalized spacial score (nSPS) is 13.0. The standard InChI is InChI=1S/C24H22F4N4O4S/c25-19-6-1-2-7-22(19)37(34,35)32-16-5-3-4-15(12-16)21(33)14-29-10-11-36-17-8-9-18-20(13-17)30-31-23(18)24(26,27)28/h1-9,12-13,21,29,32-33H,10-11,14H2,(H,30,31)/t21-/m0/s1. The molecule has 0 unspecified atom stereocenters. The highest BCUT2D eigenvalue weighted by Crippen LogP contribution is 2.34. The number of anilines is 1. The molecular formula is C24H22F4N4O4S. The van der Waals surface area contributed by atoms with Crippen molar-refractivity contribution in [2.45, 2.75) is 17.2 Å². The zero-order valence-electron chi connectivity index (χ0n) is 19.1. The van der Waals surface area contributed by atoms with Gasteiger partial charge in [0.05, 0.1) is 11.6 Å². The van der Waals surface area contributed by atoms with Gasteiger partial charge in [0.25, 0.3) is 10.0 Å². The number of rotatable bonds is 10. The van der Waals surface area contributed by atoms with E-state index in [9.17, 15) is 31.1 Å². The molecule has 0 saturated carbocycles. The fourth-order valence-electron chi connectivity index (χ4n) is 3.58. The second-order valence-electron chi connectivity index (χ2n) is 8.01. The summed E-state index contributed by atoms with van der Waals surface area (Å²) in [6, 6.07) is 15.2. The Labute approximate surface area is 209 Å². The molecule has 4 aromatic rings. The van der Waals surface area contributed by atoms with Crippen LogP contribution in [0.25, 0.3) is 10.9 Å². The van der Waals surface area contributed by atoms with E-state index >= 15 is 0 Å². The van der Waals surface area contributed by atoms with Crippen LogP contribution in [-0.2, 0) is 16.2 Å². The van der Waals surface area contributed by atoms with Crippen LogP contribution in [0.2, 0.25) is 0 Å². The van der Waals surface area contributed by atoms with Crippen LogP contribution in [-0.4, -0.2) is 43.4 Å². The molecule has 0 fully saturated rings. The van der Waals surface area contributed by atoms with E-state index in [1.165, 1.54) is 42.5 Å². The van der Waals surface area contributed by atoms with Gasteiger partial charge in [-0.15, -0.1) is 0 Å². The van der Waals surface area contributed by atoms with Gasteiger partial charge in [-0.2, -0.15) is 18.3 Å². The van der Waals surface area contributed by atoms with Gasteiger partial charge in [-0.05, 0) is 42.0 Å². The van der Waals surface area contributed by atoms with Crippen LogP contribution >= 0.6 is 0 Å². The molecule has 0 amide bonds. The van der Waals surface area contributed by atoms with Crippen LogP contribution in [0.1, 0.15) is 17.4 Å². The van der Waals surface area contributed by atoms with Crippen molar-refractivity contribution in [1.29, 1.82) is 0 Å². The molecule has 0 spiro atoms. The van der Waals surface area contributed by atoms with E-state index < -0.39 is 38.7 Å². The number of hydrogen-bond acceptors (Lipinski definition) is 6. The Morgan fingerprint density at radius 3 is 2.59 bits per heavy atom. The summed E-state index contributed by atoms with van der Waals surface area (Å²) >= 11 is 0. The quantitative estimate of drug-likeness (QED) is 0.178. The van der Waals surface area contributed by atoms with Gasteiger partial charge in [0, 0.05) is 30.2 Å². The predicted molar refractivity (Wildman–Crippen MR) is 128 cm³/mol. The van der Waals surface area contributed by atoms with Crippen LogP contribution in [0.15, 0.2) is 71.6 Å². The number of nitrogens with one attached hydrogen (secondary N) is 3. The highest BCUT2D eigenvalue weighted by atomic mass is 32.2. The SMILES string of the molecule is O=S(=O)(Nc1cccc([C@@H](O)CNCCOc2ccc3c(C(F)(F)F)n[nH]c3c2)c1)c1ccccc1F. The molecule has 0 radical (unpaired) electrons. The molecular weight excluding hydrogens is 516 g/mol. The number of halogens is 4. The van der Waals surface area contributed by atoms with Crippen molar-refractivity contribution in [3.05, 3.63) is 83.8 Å². The molecule has 1 atom stereocenters. The highest BCUT2D eigenvalue weighted by Gasteiger charge is 2.35. The van der Waals surface area contributed by atoms with E-state index in [1.807, 2.05) is 0 Å². The lowest BCUT2D eigenvalue weighted by molar-refractivity contribution is -0.139. The lowest BCUT2D eigenvalue weighted by Crippen LogP contribution is -2.26. The minimum absolute atomic E-state index is 0.0560. The van der Waals surface area contributed by atoms with E-state index in [0.717, 1.165) is 12.1 Å². The number of ether oxygens (including phenoxy) is 1. The van der Waals surface area contributed by atoms with Gasteiger partial charge in [-0.25, -0.2) is 12.8 Å². The zero-order valence-corrected chi connectivity index (χ0v) is 19.9. The maximum atomic E-state index is 13.9. The Balaban J connectivity index is 1.28. The summed E-state index contributed by atoms with van der Waals surface area (Å²) < 4.78 is 85.5. The maximum absolute atomic E-state index is 13.9. The number of alkyl halides is 3. The number of sulfonamides is 1. The number of nitrogens with zero attached hydrogens (tertiary/aromatic N) is 1. The topological polar surface area (TPSA) is 116 Å². The van der Waals surface area contributed by atoms with Crippen LogP contribution in [0, 0.1) is 5.82 Å². The molecule has 0 bridgehead atoms.